The molecule has 1 N–H and O–H groups in total. The summed E-state index contributed by atoms with van der Waals surface area (Å²) >= 11 is 0. The maximum absolute atomic E-state index is 3.48. The minimum Gasteiger partial charge on any atom is -0.313 e. The van der Waals surface area contributed by atoms with Crippen molar-refractivity contribution in [1.29, 1.82) is 0 Å². The van der Waals surface area contributed by atoms with Crippen LogP contribution in [-0.4, -0.2) is 56.1 Å². The molecule has 1 fully saturated rings. The van der Waals surface area contributed by atoms with Crippen molar-refractivity contribution in [2.24, 2.45) is 0 Å². The largest absolute Gasteiger partial charge is 0.313 e. The molecule has 1 aromatic carbocycles. The van der Waals surface area contributed by atoms with E-state index >= 15 is 0 Å². The van der Waals surface area contributed by atoms with Crippen molar-refractivity contribution >= 4 is 0 Å². The molecule has 3 heteroatoms. The zero-order valence-corrected chi connectivity index (χ0v) is 13.2. The average Bonchev–Trinajstić information content (AvgIpc) is 2.50. The number of likely N-dealkylation sites (N-methyl/N-ethyl adjacent to an activating group) is 1. The lowest BCUT2D eigenvalue weighted by molar-refractivity contribution is 0.133. The Morgan fingerprint density at radius 3 is 2.35 bits per heavy atom. The van der Waals surface area contributed by atoms with Gasteiger partial charge in [0.25, 0.3) is 0 Å². The summed E-state index contributed by atoms with van der Waals surface area (Å²) in [5, 5.41) is 3.48. The van der Waals surface area contributed by atoms with Gasteiger partial charge in [-0.2, -0.15) is 0 Å². The maximum Gasteiger partial charge on any atom is 0.0332 e. The standard InChI is InChI=1S/C17H29N3/c1-4-19-11-13-20(14-12-19)10-9-17(18-3)16-8-6-5-7-15(16)2/h5-8,17-18H,4,9-14H2,1-3H3. The third-order valence-corrected chi connectivity index (χ3v) is 4.56. The fourth-order valence-corrected chi connectivity index (χ4v) is 3.07. The van der Waals surface area contributed by atoms with Gasteiger partial charge < -0.3 is 15.1 Å². The second-order valence-electron chi connectivity index (χ2n) is 5.76. The molecule has 1 unspecified atom stereocenters. The van der Waals surface area contributed by atoms with Gasteiger partial charge in [-0.3, -0.25) is 0 Å². The first-order valence-corrected chi connectivity index (χ1v) is 7.92. The summed E-state index contributed by atoms with van der Waals surface area (Å²) in [5.41, 5.74) is 2.84. The first kappa shape index (κ1) is 15.5. The van der Waals surface area contributed by atoms with Crippen LogP contribution in [0.4, 0.5) is 0 Å². The van der Waals surface area contributed by atoms with E-state index in [9.17, 15) is 0 Å². The smallest absolute Gasteiger partial charge is 0.0332 e. The second kappa shape index (κ2) is 7.77. The van der Waals surface area contributed by atoms with Gasteiger partial charge >= 0.3 is 0 Å². The molecule has 0 radical (unpaired) electrons. The van der Waals surface area contributed by atoms with Gasteiger partial charge in [0, 0.05) is 38.8 Å². The molecular weight excluding hydrogens is 246 g/mol. The van der Waals surface area contributed by atoms with Crippen molar-refractivity contribution in [1.82, 2.24) is 15.1 Å². The number of benzene rings is 1. The first-order valence-electron chi connectivity index (χ1n) is 7.92. The molecule has 1 aliphatic heterocycles. The van der Waals surface area contributed by atoms with Crippen LogP contribution < -0.4 is 5.32 Å². The van der Waals surface area contributed by atoms with Crippen LogP contribution in [0.3, 0.4) is 0 Å². The quantitative estimate of drug-likeness (QED) is 0.859. The van der Waals surface area contributed by atoms with Crippen LogP contribution in [0.2, 0.25) is 0 Å². The highest BCUT2D eigenvalue weighted by Crippen LogP contribution is 2.20. The predicted octanol–water partition coefficient (Wildman–Crippen LogP) is 2.28. The van der Waals surface area contributed by atoms with Crippen molar-refractivity contribution in [3.8, 4) is 0 Å². The number of nitrogens with one attached hydrogen (secondary N) is 1. The Kier molecular flexibility index (Phi) is 6.02. The van der Waals surface area contributed by atoms with Crippen LogP contribution in [0, 0.1) is 6.92 Å². The molecular formula is C17H29N3. The van der Waals surface area contributed by atoms with Gasteiger partial charge in [0.1, 0.15) is 0 Å². The summed E-state index contributed by atoms with van der Waals surface area (Å²) in [6.45, 7) is 11.7. The lowest BCUT2D eigenvalue weighted by Gasteiger charge is -2.34. The zero-order valence-electron chi connectivity index (χ0n) is 13.2. The van der Waals surface area contributed by atoms with E-state index < -0.39 is 0 Å². The molecule has 0 amide bonds. The maximum atomic E-state index is 3.48. The van der Waals surface area contributed by atoms with Crippen molar-refractivity contribution in [2.45, 2.75) is 26.3 Å². The van der Waals surface area contributed by atoms with Crippen LogP contribution in [-0.2, 0) is 0 Å². The summed E-state index contributed by atoms with van der Waals surface area (Å²) in [7, 11) is 2.08. The van der Waals surface area contributed by atoms with Crippen molar-refractivity contribution < 1.29 is 0 Å². The fraction of sp³-hybridized carbons (Fsp3) is 0.647. The molecule has 1 heterocycles. The first-order chi connectivity index (χ1) is 9.74. The lowest BCUT2D eigenvalue weighted by atomic mass is 9.98. The summed E-state index contributed by atoms with van der Waals surface area (Å²) in [6.07, 6.45) is 1.19. The van der Waals surface area contributed by atoms with Gasteiger partial charge in [-0.25, -0.2) is 0 Å². The van der Waals surface area contributed by atoms with E-state index in [0.29, 0.717) is 6.04 Å². The van der Waals surface area contributed by atoms with Crippen LogP contribution in [0.25, 0.3) is 0 Å². The third kappa shape index (κ3) is 4.05. The number of hydrogen-bond donors (Lipinski definition) is 1. The Hall–Kier alpha value is -0.900. The highest BCUT2D eigenvalue weighted by molar-refractivity contribution is 5.28. The molecule has 112 valence electrons. The summed E-state index contributed by atoms with van der Waals surface area (Å²) < 4.78 is 0. The van der Waals surface area contributed by atoms with Crippen LogP contribution in [0.15, 0.2) is 24.3 Å². The molecule has 1 aromatic rings. The Morgan fingerprint density at radius 2 is 1.75 bits per heavy atom. The van der Waals surface area contributed by atoms with Gasteiger partial charge in [0.15, 0.2) is 0 Å². The number of nitrogens with zero attached hydrogens (tertiary/aromatic N) is 2. The minimum atomic E-state index is 0.473. The fourth-order valence-electron chi connectivity index (χ4n) is 3.07. The SMILES string of the molecule is CCN1CCN(CCC(NC)c2ccccc2C)CC1. The molecule has 1 atom stereocenters. The number of hydrogen-bond acceptors (Lipinski definition) is 3. The van der Waals surface area contributed by atoms with E-state index in [2.05, 4.69) is 60.3 Å². The van der Waals surface area contributed by atoms with Crippen LogP contribution in [0.5, 0.6) is 0 Å². The molecule has 0 spiro atoms. The zero-order chi connectivity index (χ0) is 14.4. The summed E-state index contributed by atoms with van der Waals surface area (Å²) in [6, 6.07) is 9.20. The molecule has 3 nitrogen and oxygen atoms in total. The van der Waals surface area contributed by atoms with Crippen molar-refractivity contribution in [3.63, 3.8) is 0 Å². The van der Waals surface area contributed by atoms with E-state index in [1.807, 2.05) is 0 Å². The van der Waals surface area contributed by atoms with E-state index in [-0.39, 0.29) is 0 Å². The van der Waals surface area contributed by atoms with Gasteiger partial charge in [-0.05, 0) is 38.1 Å². The van der Waals surface area contributed by atoms with E-state index in [4.69, 9.17) is 0 Å². The summed E-state index contributed by atoms with van der Waals surface area (Å²) in [5.74, 6) is 0. The highest BCUT2D eigenvalue weighted by atomic mass is 15.3. The Bertz CT molecular complexity index is 397. The van der Waals surface area contributed by atoms with Gasteiger partial charge in [-0.15, -0.1) is 0 Å². The number of piperazine rings is 1. The molecule has 2 rings (SSSR count). The van der Waals surface area contributed by atoms with E-state index in [1.54, 1.807) is 0 Å². The topological polar surface area (TPSA) is 18.5 Å². The Balaban J connectivity index is 1.84. The number of aryl methyl sites for hydroxylation is 1. The second-order valence-corrected chi connectivity index (χ2v) is 5.76. The predicted molar refractivity (Wildman–Crippen MR) is 86.2 cm³/mol. The van der Waals surface area contributed by atoms with Gasteiger partial charge in [0.2, 0.25) is 0 Å². The normalized spacial score (nSPS) is 19.1. The molecule has 0 aromatic heterocycles. The molecule has 0 saturated carbocycles. The van der Waals surface area contributed by atoms with Crippen LogP contribution in [0.1, 0.15) is 30.5 Å². The average molecular weight is 275 g/mol. The highest BCUT2D eigenvalue weighted by Gasteiger charge is 2.17. The monoisotopic (exact) mass is 275 g/mol. The van der Waals surface area contributed by atoms with E-state index in [1.165, 1.54) is 56.8 Å². The van der Waals surface area contributed by atoms with Gasteiger partial charge in [-0.1, -0.05) is 31.2 Å². The van der Waals surface area contributed by atoms with Gasteiger partial charge in [0.05, 0.1) is 0 Å². The Labute approximate surface area is 124 Å². The molecule has 1 saturated heterocycles. The minimum absolute atomic E-state index is 0.473. The van der Waals surface area contributed by atoms with E-state index in [0.717, 1.165) is 0 Å². The molecule has 0 aliphatic carbocycles. The van der Waals surface area contributed by atoms with Crippen molar-refractivity contribution in [2.75, 3.05) is 46.3 Å². The summed E-state index contributed by atoms with van der Waals surface area (Å²) in [4.78, 5) is 5.14. The molecule has 0 bridgehead atoms. The lowest BCUT2D eigenvalue weighted by Crippen LogP contribution is -2.46. The van der Waals surface area contributed by atoms with Crippen molar-refractivity contribution in [3.05, 3.63) is 35.4 Å². The molecule has 1 aliphatic rings. The number of rotatable bonds is 6. The Morgan fingerprint density at radius 1 is 1.10 bits per heavy atom. The van der Waals surface area contributed by atoms with Crippen LogP contribution >= 0.6 is 0 Å². The third-order valence-electron chi connectivity index (χ3n) is 4.56. The molecule has 20 heavy (non-hydrogen) atoms.